The molecule has 0 spiro atoms. The second kappa shape index (κ2) is 6.54. The molecule has 9 heteroatoms. The van der Waals surface area contributed by atoms with Crippen molar-refractivity contribution in [1.29, 1.82) is 0 Å². The number of carbonyl (C=O) groups is 1. The molecule has 1 aliphatic rings. The summed E-state index contributed by atoms with van der Waals surface area (Å²) < 4.78 is 39.6. The predicted octanol–water partition coefficient (Wildman–Crippen LogP) is 3.96. The summed E-state index contributed by atoms with van der Waals surface area (Å²) in [7, 11) is 0. The molecule has 0 fully saturated rings. The number of alkyl halides is 3. The lowest BCUT2D eigenvalue weighted by molar-refractivity contribution is -0.0816. The maximum absolute atomic E-state index is 13.2. The first-order valence-corrected chi connectivity index (χ1v) is 8.18. The molecule has 2 aromatic carbocycles. The fourth-order valence-electron chi connectivity index (χ4n) is 2.80. The van der Waals surface area contributed by atoms with Crippen molar-refractivity contribution in [2.45, 2.75) is 25.2 Å². The van der Waals surface area contributed by atoms with Crippen molar-refractivity contribution in [3.63, 3.8) is 0 Å². The molecule has 1 amide bonds. The average Bonchev–Trinajstić information content (AvgIpc) is 2.96. The molecular formula is C18H14ClF3N2O3. The Labute approximate surface area is 157 Å². The molecule has 0 unspecified atom stereocenters. The van der Waals surface area contributed by atoms with Crippen molar-refractivity contribution in [2.75, 3.05) is 0 Å². The van der Waals surface area contributed by atoms with Gasteiger partial charge in [-0.25, -0.2) is 0 Å². The molecule has 2 aromatic rings. The number of hydrazone groups is 1. The Morgan fingerprint density at radius 1 is 1.22 bits per heavy atom. The summed E-state index contributed by atoms with van der Waals surface area (Å²) in [5, 5.41) is 25.1. The summed E-state index contributed by atoms with van der Waals surface area (Å²) in [5.74, 6) is -1.45. The lowest BCUT2D eigenvalue weighted by Crippen LogP contribution is -2.43. The van der Waals surface area contributed by atoms with E-state index in [0.717, 1.165) is 0 Å². The summed E-state index contributed by atoms with van der Waals surface area (Å²) in [5.41, 5.74) is -3.58. The molecule has 27 heavy (non-hydrogen) atoms. The van der Waals surface area contributed by atoms with E-state index in [1.807, 2.05) is 0 Å². The summed E-state index contributed by atoms with van der Waals surface area (Å²) in [6.07, 6.45) is -5.78. The van der Waals surface area contributed by atoms with Crippen molar-refractivity contribution in [3.05, 3.63) is 64.2 Å². The van der Waals surface area contributed by atoms with Crippen molar-refractivity contribution in [3.8, 4) is 5.75 Å². The first-order chi connectivity index (χ1) is 12.5. The molecule has 0 saturated heterocycles. The topological polar surface area (TPSA) is 73.1 Å². The lowest BCUT2D eigenvalue weighted by atomic mass is 9.96. The number of aliphatic hydroxyl groups is 1. The minimum Gasteiger partial charge on any atom is -0.507 e. The van der Waals surface area contributed by atoms with Crippen molar-refractivity contribution >= 4 is 23.2 Å². The van der Waals surface area contributed by atoms with Gasteiger partial charge in [-0.15, -0.1) is 0 Å². The summed E-state index contributed by atoms with van der Waals surface area (Å²) in [6.45, 7) is 1.53. The number of phenolic OH excluding ortho intramolecular Hbond substituents is 1. The minimum absolute atomic E-state index is 0.00962. The average molecular weight is 399 g/mol. The standard InChI is InChI=1S/C18H14ClF3N2O3/c1-10-3-2-4-13(15(10)25)16(26)24-17(27,9-14(23-24)18(20,21)22)11-5-7-12(19)8-6-11/h2-8,25,27H,9H2,1H3/t17-/m1/s1. The molecule has 1 atom stereocenters. The second-order valence-corrected chi connectivity index (χ2v) is 6.57. The Hall–Kier alpha value is -2.58. The van der Waals surface area contributed by atoms with Gasteiger partial charge in [0.15, 0.2) is 5.72 Å². The number of phenols is 1. The van der Waals surface area contributed by atoms with Crippen LogP contribution in [0.3, 0.4) is 0 Å². The van der Waals surface area contributed by atoms with Gasteiger partial charge in [0.1, 0.15) is 11.5 Å². The van der Waals surface area contributed by atoms with Crippen LogP contribution in [0.2, 0.25) is 5.02 Å². The van der Waals surface area contributed by atoms with E-state index >= 15 is 0 Å². The molecule has 0 radical (unpaired) electrons. The molecule has 142 valence electrons. The zero-order chi connectivity index (χ0) is 20.0. The van der Waals surface area contributed by atoms with Crippen LogP contribution < -0.4 is 0 Å². The van der Waals surface area contributed by atoms with E-state index in [9.17, 15) is 28.2 Å². The normalized spacial score (nSPS) is 19.9. The highest BCUT2D eigenvalue weighted by Gasteiger charge is 2.53. The first-order valence-electron chi connectivity index (χ1n) is 7.80. The number of carbonyl (C=O) groups excluding carboxylic acids is 1. The number of aryl methyl sites for hydroxylation is 1. The number of rotatable bonds is 2. The van der Waals surface area contributed by atoms with Crippen LogP contribution >= 0.6 is 11.6 Å². The van der Waals surface area contributed by atoms with Crippen LogP contribution in [-0.2, 0) is 5.72 Å². The Morgan fingerprint density at radius 2 is 1.85 bits per heavy atom. The van der Waals surface area contributed by atoms with Gasteiger partial charge in [0.2, 0.25) is 0 Å². The molecule has 0 aliphatic carbocycles. The summed E-state index contributed by atoms with van der Waals surface area (Å²) in [4.78, 5) is 12.9. The van der Waals surface area contributed by atoms with Gasteiger partial charge in [-0.05, 0) is 30.7 Å². The Bertz CT molecular complexity index is 928. The van der Waals surface area contributed by atoms with E-state index < -0.39 is 35.7 Å². The van der Waals surface area contributed by atoms with E-state index in [4.69, 9.17) is 11.6 Å². The molecule has 1 aliphatic heterocycles. The molecule has 3 rings (SSSR count). The maximum atomic E-state index is 13.2. The van der Waals surface area contributed by atoms with E-state index in [0.29, 0.717) is 15.6 Å². The van der Waals surface area contributed by atoms with Crippen molar-refractivity contribution in [1.82, 2.24) is 5.01 Å². The Morgan fingerprint density at radius 3 is 2.44 bits per heavy atom. The number of para-hydroxylation sites is 1. The van der Waals surface area contributed by atoms with Crippen LogP contribution in [0.25, 0.3) is 0 Å². The minimum atomic E-state index is -4.83. The fraction of sp³-hybridized carbons (Fsp3) is 0.222. The number of nitrogens with zero attached hydrogens (tertiary/aromatic N) is 2. The first kappa shape index (κ1) is 19.2. The zero-order valence-corrected chi connectivity index (χ0v) is 14.7. The molecule has 1 heterocycles. The van der Waals surface area contributed by atoms with Gasteiger partial charge in [0.25, 0.3) is 5.91 Å². The van der Waals surface area contributed by atoms with Crippen molar-refractivity contribution in [2.24, 2.45) is 5.10 Å². The van der Waals surface area contributed by atoms with E-state index in [1.54, 1.807) is 0 Å². The summed E-state index contributed by atoms with van der Waals surface area (Å²) in [6, 6.07) is 9.63. The molecular weight excluding hydrogens is 385 g/mol. The molecule has 5 nitrogen and oxygen atoms in total. The fourth-order valence-corrected chi connectivity index (χ4v) is 2.93. The third-order valence-electron chi connectivity index (χ3n) is 4.28. The quantitative estimate of drug-likeness (QED) is 0.804. The zero-order valence-electron chi connectivity index (χ0n) is 14.0. The van der Waals surface area contributed by atoms with Gasteiger partial charge in [0, 0.05) is 10.6 Å². The van der Waals surface area contributed by atoms with Crippen LogP contribution in [0, 0.1) is 6.92 Å². The van der Waals surface area contributed by atoms with Gasteiger partial charge in [-0.3, -0.25) is 4.79 Å². The van der Waals surface area contributed by atoms with E-state index in [1.165, 1.54) is 49.4 Å². The highest BCUT2D eigenvalue weighted by molar-refractivity contribution is 6.30. The van der Waals surface area contributed by atoms with Crippen LogP contribution in [0.1, 0.15) is 27.9 Å². The van der Waals surface area contributed by atoms with Crippen LogP contribution in [0.4, 0.5) is 13.2 Å². The molecule has 2 N–H and O–H groups in total. The molecule has 0 saturated carbocycles. The number of aromatic hydroxyl groups is 1. The monoisotopic (exact) mass is 398 g/mol. The second-order valence-electron chi connectivity index (χ2n) is 6.13. The third-order valence-corrected chi connectivity index (χ3v) is 4.53. The number of halogens is 4. The largest absolute Gasteiger partial charge is 0.507 e. The number of hydrogen-bond donors (Lipinski definition) is 2. The van der Waals surface area contributed by atoms with Gasteiger partial charge >= 0.3 is 6.18 Å². The third kappa shape index (κ3) is 3.38. The van der Waals surface area contributed by atoms with Gasteiger partial charge in [0.05, 0.1) is 12.0 Å². The Balaban J connectivity index is 2.12. The molecule has 0 aromatic heterocycles. The van der Waals surface area contributed by atoms with Crippen LogP contribution in [0.5, 0.6) is 5.75 Å². The van der Waals surface area contributed by atoms with Gasteiger partial charge in [-0.2, -0.15) is 23.3 Å². The van der Waals surface area contributed by atoms with Crippen LogP contribution in [0.15, 0.2) is 47.6 Å². The van der Waals surface area contributed by atoms with E-state index in [-0.39, 0.29) is 11.1 Å². The SMILES string of the molecule is Cc1cccc(C(=O)N2N=C(C(F)(F)F)C[C@@]2(O)c2ccc(Cl)cc2)c1O. The van der Waals surface area contributed by atoms with Gasteiger partial charge < -0.3 is 10.2 Å². The Kier molecular flexibility index (Phi) is 4.65. The lowest BCUT2D eigenvalue weighted by Gasteiger charge is -2.31. The number of benzene rings is 2. The highest BCUT2D eigenvalue weighted by atomic mass is 35.5. The van der Waals surface area contributed by atoms with Gasteiger partial charge in [-0.1, -0.05) is 35.9 Å². The number of hydrogen-bond acceptors (Lipinski definition) is 4. The predicted molar refractivity (Wildman–Crippen MR) is 92.5 cm³/mol. The highest BCUT2D eigenvalue weighted by Crippen LogP contribution is 2.41. The molecule has 0 bridgehead atoms. The smallest absolute Gasteiger partial charge is 0.431 e. The maximum Gasteiger partial charge on any atom is 0.431 e. The summed E-state index contributed by atoms with van der Waals surface area (Å²) >= 11 is 5.79. The van der Waals surface area contributed by atoms with E-state index in [2.05, 4.69) is 5.10 Å². The number of amides is 1. The van der Waals surface area contributed by atoms with Crippen LogP contribution in [-0.4, -0.2) is 33.0 Å². The van der Waals surface area contributed by atoms with Crippen molar-refractivity contribution < 1.29 is 28.2 Å².